The summed E-state index contributed by atoms with van der Waals surface area (Å²) < 4.78 is 16.1. The van der Waals surface area contributed by atoms with Crippen molar-refractivity contribution in [3.05, 3.63) is 53.6 Å². The lowest BCUT2D eigenvalue weighted by Crippen LogP contribution is -2.23. The lowest BCUT2D eigenvalue weighted by atomic mass is 9.98. The topological polar surface area (TPSA) is 72.7 Å². The summed E-state index contributed by atoms with van der Waals surface area (Å²) in [5.41, 5.74) is 2.95. The Morgan fingerprint density at radius 1 is 1.00 bits per heavy atom. The number of hydrogen-bond donors (Lipinski definition) is 0. The number of aliphatic imine (C=N–C) groups is 1. The molecule has 1 atom stereocenters. The molecule has 0 bridgehead atoms. The number of carbonyl (C=O) groups is 1. The zero-order valence-electron chi connectivity index (χ0n) is 16.4. The Balaban J connectivity index is 1.71. The van der Waals surface area contributed by atoms with Crippen LogP contribution in [0.1, 0.15) is 23.6 Å². The first-order valence-corrected chi connectivity index (χ1v) is 10.1. The van der Waals surface area contributed by atoms with Crippen molar-refractivity contribution in [2.75, 3.05) is 27.1 Å². The number of hydrogen-bond acceptors (Lipinski definition) is 7. The molecular weight excluding hydrogens is 390 g/mol. The minimum atomic E-state index is -0.135. The van der Waals surface area contributed by atoms with E-state index in [0.717, 1.165) is 22.6 Å². The van der Waals surface area contributed by atoms with E-state index in [1.807, 2.05) is 47.5 Å². The number of methoxy groups -OCH3 is 3. The molecule has 2 heterocycles. The van der Waals surface area contributed by atoms with Gasteiger partial charge in [0.05, 0.1) is 38.8 Å². The molecule has 0 fully saturated rings. The monoisotopic (exact) mass is 411 g/mol. The Labute approximate surface area is 173 Å². The number of nitrogens with zero attached hydrogens (tertiary/aromatic N) is 3. The van der Waals surface area contributed by atoms with E-state index >= 15 is 0 Å². The van der Waals surface area contributed by atoms with Crippen LogP contribution in [0.15, 0.2) is 52.6 Å². The molecule has 29 heavy (non-hydrogen) atoms. The van der Waals surface area contributed by atoms with Gasteiger partial charge < -0.3 is 14.2 Å². The molecule has 0 spiro atoms. The van der Waals surface area contributed by atoms with Gasteiger partial charge in [-0.25, -0.2) is 5.01 Å². The van der Waals surface area contributed by atoms with E-state index in [0.29, 0.717) is 28.8 Å². The fourth-order valence-electron chi connectivity index (χ4n) is 3.38. The first-order valence-electron chi connectivity index (χ1n) is 9.10. The average Bonchev–Trinajstić information content (AvgIpc) is 3.39. The van der Waals surface area contributed by atoms with Crippen LogP contribution in [-0.4, -0.2) is 48.9 Å². The lowest BCUT2D eigenvalue weighted by Gasteiger charge is -2.23. The molecule has 2 aliphatic heterocycles. The van der Waals surface area contributed by atoms with E-state index in [2.05, 4.69) is 4.99 Å². The van der Waals surface area contributed by atoms with Crippen molar-refractivity contribution in [1.82, 2.24) is 5.01 Å². The number of amides is 1. The van der Waals surface area contributed by atoms with Crippen LogP contribution in [0.2, 0.25) is 0 Å². The standard InChI is InChI=1S/C21H21N3O4S/c1-26-15-7-4-13(5-8-15)16-11-17(24(23-16)21-22-20(25)12-29-21)14-6-9-18(27-2)19(10-14)28-3/h4-10,17H,11-12H2,1-3H3. The zero-order valence-corrected chi connectivity index (χ0v) is 17.2. The molecule has 2 aliphatic rings. The molecule has 0 aromatic heterocycles. The van der Waals surface area contributed by atoms with E-state index in [-0.39, 0.29) is 11.9 Å². The summed E-state index contributed by atoms with van der Waals surface area (Å²) >= 11 is 1.41. The summed E-state index contributed by atoms with van der Waals surface area (Å²) in [5, 5.41) is 7.29. The number of benzene rings is 2. The number of hydrazone groups is 1. The van der Waals surface area contributed by atoms with Gasteiger partial charge in [0.1, 0.15) is 5.75 Å². The second kappa shape index (κ2) is 8.16. The third kappa shape index (κ3) is 3.80. The third-order valence-electron chi connectivity index (χ3n) is 4.87. The molecule has 8 heteroatoms. The van der Waals surface area contributed by atoms with Gasteiger partial charge in [-0.2, -0.15) is 10.1 Å². The van der Waals surface area contributed by atoms with Gasteiger partial charge in [0.15, 0.2) is 16.7 Å². The second-order valence-corrected chi connectivity index (χ2v) is 7.47. The van der Waals surface area contributed by atoms with Gasteiger partial charge >= 0.3 is 0 Å². The molecule has 0 N–H and O–H groups in total. The van der Waals surface area contributed by atoms with Gasteiger partial charge in [0.2, 0.25) is 0 Å². The highest BCUT2D eigenvalue weighted by molar-refractivity contribution is 8.14. The smallest absolute Gasteiger partial charge is 0.258 e. The maximum absolute atomic E-state index is 11.7. The Morgan fingerprint density at radius 2 is 1.76 bits per heavy atom. The molecule has 0 saturated carbocycles. The summed E-state index contributed by atoms with van der Waals surface area (Å²) in [6.45, 7) is 0. The van der Waals surface area contributed by atoms with Crippen LogP contribution in [0.5, 0.6) is 17.2 Å². The quantitative estimate of drug-likeness (QED) is 0.750. The second-order valence-electron chi connectivity index (χ2n) is 6.53. The Hall–Kier alpha value is -3.00. The van der Waals surface area contributed by atoms with Crippen molar-refractivity contribution >= 4 is 28.5 Å². The molecule has 2 aromatic rings. The van der Waals surface area contributed by atoms with Crippen LogP contribution in [0.25, 0.3) is 0 Å². The maximum atomic E-state index is 11.7. The predicted octanol–water partition coefficient (Wildman–Crippen LogP) is 3.49. The minimum Gasteiger partial charge on any atom is -0.497 e. The van der Waals surface area contributed by atoms with Crippen molar-refractivity contribution in [1.29, 1.82) is 0 Å². The zero-order chi connectivity index (χ0) is 20.4. The van der Waals surface area contributed by atoms with Crippen molar-refractivity contribution in [2.45, 2.75) is 12.5 Å². The van der Waals surface area contributed by atoms with Gasteiger partial charge in [0.25, 0.3) is 5.91 Å². The highest BCUT2D eigenvalue weighted by atomic mass is 32.2. The lowest BCUT2D eigenvalue weighted by molar-refractivity contribution is -0.115. The van der Waals surface area contributed by atoms with Crippen LogP contribution < -0.4 is 14.2 Å². The predicted molar refractivity (Wildman–Crippen MR) is 113 cm³/mol. The van der Waals surface area contributed by atoms with Crippen molar-refractivity contribution < 1.29 is 19.0 Å². The molecule has 1 unspecified atom stereocenters. The van der Waals surface area contributed by atoms with Gasteiger partial charge in [-0.05, 0) is 47.5 Å². The van der Waals surface area contributed by atoms with Gasteiger partial charge in [0, 0.05) is 6.42 Å². The first-order chi connectivity index (χ1) is 14.1. The summed E-state index contributed by atoms with van der Waals surface area (Å²) in [4.78, 5) is 15.9. The number of amidine groups is 1. The van der Waals surface area contributed by atoms with E-state index < -0.39 is 0 Å². The van der Waals surface area contributed by atoms with Gasteiger partial charge in [-0.1, -0.05) is 17.8 Å². The number of ether oxygens (including phenoxy) is 3. The molecule has 0 saturated heterocycles. The molecular formula is C21H21N3O4S. The number of thioether (sulfide) groups is 1. The third-order valence-corrected chi connectivity index (χ3v) is 5.79. The number of carbonyl (C=O) groups excluding carboxylic acids is 1. The summed E-state index contributed by atoms with van der Waals surface area (Å²) in [6, 6.07) is 13.5. The van der Waals surface area contributed by atoms with Gasteiger partial charge in [-0.15, -0.1) is 0 Å². The van der Waals surface area contributed by atoms with Crippen LogP contribution in [0.3, 0.4) is 0 Å². The molecule has 1 amide bonds. The SMILES string of the molecule is COc1ccc(C2=NN(C3=NC(=O)CS3)C(c3ccc(OC)c(OC)c3)C2)cc1. The Kier molecular flexibility index (Phi) is 5.44. The van der Waals surface area contributed by atoms with Crippen LogP contribution in [-0.2, 0) is 4.79 Å². The highest BCUT2D eigenvalue weighted by Gasteiger charge is 2.35. The van der Waals surface area contributed by atoms with E-state index in [1.165, 1.54) is 11.8 Å². The average molecular weight is 411 g/mol. The molecule has 7 nitrogen and oxygen atoms in total. The summed E-state index contributed by atoms with van der Waals surface area (Å²) in [5.74, 6) is 2.32. The highest BCUT2D eigenvalue weighted by Crippen LogP contribution is 2.39. The Morgan fingerprint density at radius 3 is 2.38 bits per heavy atom. The van der Waals surface area contributed by atoms with E-state index in [9.17, 15) is 4.79 Å². The molecule has 0 radical (unpaired) electrons. The molecule has 4 rings (SSSR count). The van der Waals surface area contributed by atoms with Crippen molar-refractivity contribution in [3.8, 4) is 17.2 Å². The first kappa shape index (κ1) is 19.3. The maximum Gasteiger partial charge on any atom is 0.258 e. The van der Waals surface area contributed by atoms with E-state index in [1.54, 1.807) is 21.3 Å². The van der Waals surface area contributed by atoms with Crippen LogP contribution in [0, 0.1) is 0 Å². The normalized spacial score (nSPS) is 18.5. The van der Waals surface area contributed by atoms with Crippen molar-refractivity contribution in [2.24, 2.45) is 10.1 Å². The van der Waals surface area contributed by atoms with Crippen molar-refractivity contribution in [3.63, 3.8) is 0 Å². The summed E-state index contributed by atoms with van der Waals surface area (Å²) in [7, 11) is 4.87. The fraction of sp³-hybridized carbons (Fsp3) is 0.286. The largest absolute Gasteiger partial charge is 0.497 e. The summed E-state index contributed by atoms with van der Waals surface area (Å²) in [6.07, 6.45) is 0.676. The Bertz CT molecular complexity index is 988. The minimum absolute atomic E-state index is 0.0935. The van der Waals surface area contributed by atoms with Crippen LogP contribution >= 0.6 is 11.8 Å². The van der Waals surface area contributed by atoms with Gasteiger partial charge in [-0.3, -0.25) is 4.79 Å². The molecule has 0 aliphatic carbocycles. The number of rotatable bonds is 5. The fourth-order valence-corrected chi connectivity index (χ4v) is 4.16. The van der Waals surface area contributed by atoms with E-state index in [4.69, 9.17) is 19.3 Å². The molecule has 2 aromatic carbocycles. The van der Waals surface area contributed by atoms with Crippen LogP contribution in [0.4, 0.5) is 0 Å². The molecule has 150 valence electrons.